The first kappa shape index (κ1) is 9.96. The molecule has 0 saturated carbocycles. The van der Waals surface area contributed by atoms with E-state index in [1.54, 1.807) is 27.7 Å². The molecule has 0 bridgehead atoms. The number of hydrogen-bond acceptors (Lipinski definition) is 2. The molecule has 0 saturated heterocycles. The Bertz CT molecular complexity index is 189. The molecule has 11 heavy (non-hydrogen) atoms. The first-order valence-corrected chi connectivity index (χ1v) is 3.62. The molecule has 3 nitrogen and oxygen atoms in total. The molecule has 0 aromatic rings. The number of amides is 1. The summed E-state index contributed by atoms with van der Waals surface area (Å²) >= 11 is 0. The highest BCUT2D eigenvalue weighted by Crippen LogP contribution is 2.01. The van der Waals surface area contributed by atoms with E-state index < -0.39 is 5.54 Å². The molecule has 0 aliphatic carbocycles. The number of nitriles is 1. The molecule has 0 aliphatic heterocycles. The quantitative estimate of drug-likeness (QED) is 0.646. The van der Waals surface area contributed by atoms with Crippen molar-refractivity contribution in [1.29, 1.82) is 5.26 Å². The van der Waals surface area contributed by atoms with Crippen LogP contribution in [0.15, 0.2) is 0 Å². The number of nitrogens with one attached hydrogen (secondary N) is 1. The van der Waals surface area contributed by atoms with Gasteiger partial charge in [0.05, 0.1) is 6.07 Å². The summed E-state index contributed by atoms with van der Waals surface area (Å²) in [6, 6.07) is 2.00. The van der Waals surface area contributed by atoms with Gasteiger partial charge in [-0.15, -0.1) is 0 Å². The van der Waals surface area contributed by atoms with Crippen molar-refractivity contribution >= 4 is 5.91 Å². The van der Waals surface area contributed by atoms with Crippen LogP contribution in [0.2, 0.25) is 0 Å². The van der Waals surface area contributed by atoms with Crippen molar-refractivity contribution < 1.29 is 4.79 Å². The van der Waals surface area contributed by atoms with Crippen LogP contribution in [-0.2, 0) is 4.79 Å². The molecule has 3 heteroatoms. The normalized spacial score (nSPS) is 10.9. The molecule has 0 aromatic carbocycles. The largest absolute Gasteiger partial charge is 0.338 e. The number of hydrogen-bond donors (Lipinski definition) is 1. The molecular formula is C8H14N2O. The van der Waals surface area contributed by atoms with Gasteiger partial charge in [-0.2, -0.15) is 5.26 Å². The summed E-state index contributed by atoms with van der Waals surface area (Å²) in [5.41, 5.74) is -0.749. The first-order chi connectivity index (χ1) is 4.89. The van der Waals surface area contributed by atoms with Gasteiger partial charge in [-0.3, -0.25) is 4.79 Å². The van der Waals surface area contributed by atoms with Gasteiger partial charge in [0, 0.05) is 5.92 Å². The van der Waals surface area contributed by atoms with Crippen LogP contribution in [-0.4, -0.2) is 11.4 Å². The van der Waals surface area contributed by atoms with Gasteiger partial charge in [-0.25, -0.2) is 0 Å². The number of nitrogens with zero attached hydrogens (tertiary/aromatic N) is 1. The molecule has 0 fully saturated rings. The van der Waals surface area contributed by atoms with Crippen LogP contribution < -0.4 is 5.32 Å². The van der Waals surface area contributed by atoms with Crippen LogP contribution in [0.3, 0.4) is 0 Å². The fourth-order valence-electron chi connectivity index (χ4n) is 0.480. The molecule has 0 aromatic heterocycles. The predicted octanol–water partition coefficient (Wildman–Crippen LogP) is 1.06. The van der Waals surface area contributed by atoms with Gasteiger partial charge in [0.1, 0.15) is 5.54 Å². The maximum Gasteiger partial charge on any atom is 0.223 e. The lowest BCUT2D eigenvalue weighted by atomic mass is 10.1. The number of carbonyl (C=O) groups is 1. The van der Waals surface area contributed by atoms with Gasteiger partial charge < -0.3 is 5.32 Å². The summed E-state index contributed by atoms with van der Waals surface area (Å²) in [6.45, 7) is 6.94. The van der Waals surface area contributed by atoms with Crippen LogP contribution >= 0.6 is 0 Å². The molecule has 0 radical (unpaired) electrons. The summed E-state index contributed by atoms with van der Waals surface area (Å²) in [4.78, 5) is 11.1. The minimum Gasteiger partial charge on any atom is -0.338 e. The molecule has 1 N–H and O–H groups in total. The highest BCUT2D eigenvalue weighted by molar-refractivity contribution is 5.78. The molecular weight excluding hydrogens is 140 g/mol. The zero-order valence-corrected chi connectivity index (χ0v) is 7.43. The monoisotopic (exact) mass is 154 g/mol. The van der Waals surface area contributed by atoms with Crippen LogP contribution in [0.4, 0.5) is 0 Å². The second-order valence-corrected chi connectivity index (χ2v) is 3.38. The summed E-state index contributed by atoms with van der Waals surface area (Å²) in [5, 5.41) is 11.2. The Kier molecular flexibility index (Phi) is 3.06. The third-order valence-corrected chi connectivity index (χ3v) is 1.24. The molecule has 0 unspecified atom stereocenters. The summed E-state index contributed by atoms with van der Waals surface area (Å²) in [5.74, 6) is -0.154. The van der Waals surface area contributed by atoms with Gasteiger partial charge in [0.2, 0.25) is 5.91 Å². The van der Waals surface area contributed by atoms with Crippen molar-refractivity contribution in [2.45, 2.75) is 33.2 Å². The van der Waals surface area contributed by atoms with E-state index in [4.69, 9.17) is 5.26 Å². The minimum atomic E-state index is -0.749. The predicted molar refractivity (Wildman–Crippen MR) is 42.7 cm³/mol. The van der Waals surface area contributed by atoms with E-state index >= 15 is 0 Å². The average Bonchev–Trinajstić information content (AvgIpc) is 1.87. The summed E-state index contributed by atoms with van der Waals surface area (Å²) < 4.78 is 0. The van der Waals surface area contributed by atoms with Gasteiger partial charge in [-0.1, -0.05) is 13.8 Å². The third-order valence-electron chi connectivity index (χ3n) is 1.24. The van der Waals surface area contributed by atoms with Crippen LogP contribution in [0, 0.1) is 17.2 Å². The second-order valence-electron chi connectivity index (χ2n) is 3.38. The van der Waals surface area contributed by atoms with Crippen molar-refractivity contribution in [3.05, 3.63) is 0 Å². The highest BCUT2D eigenvalue weighted by atomic mass is 16.1. The Morgan fingerprint density at radius 2 is 2.00 bits per heavy atom. The van der Waals surface area contributed by atoms with E-state index in [2.05, 4.69) is 5.32 Å². The zero-order valence-electron chi connectivity index (χ0n) is 7.43. The van der Waals surface area contributed by atoms with Crippen molar-refractivity contribution in [2.75, 3.05) is 0 Å². The molecule has 0 aliphatic rings. The standard InChI is InChI=1S/C8H14N2O/c1-6(2)7(11)10-8(3,4)5-9/h6H,1-4H3,(H,10,11). The summed E-state index contributed by atoms with van der Waals surface area (Å²) in [7, 11) is 0. The van der Waals surface area contributed by atoms with E-state index in [1.165, 1.54) is 0 Å². The highest BCUT2D eigenvalue weighted by Gasteiger charge is 2.20. The number of carbonyl (C=O) groups excluding carboxylic acids is 1. The Morgan fingerprint density at radius 3 is 2.27 bits per heavy atom. The van der Waals surface area contributed by atoms with Crippen molar-refractivity contribution in [1.82, 2.24) is 5.32 Å². The maximum atomic E-state index is 11.1. The SMILES string of the molecule is CC(C)C(=O)NC(C)(C)C#N. The van der Waals surface area contributed by atoms with E-state index in [9.17, 15) is 4.79 Å². The second kappa shape index (κ2) is 3.38. The third kappa shape index (κ3) is 3.61. The van der Waals surface area contributed by atoms with Crippen LogP contribution in [0.25, 0.3) is 0 Å². The van der Waals surface area contributed by atoms with Crippen molar-refractivity contribution in [3.8, 4) is 6.07 Å². The lowest BCUT2D eigenvalue weighted by Gasteiger charge is -2.18. The van der Waals surface area contributed by atoms with Crippen molar-refractivity contribution in [3.63, 3.8) is 0 Å². The smallest absolute Gasteiger partial charge is 0.223 e. The Balaban J connectivity index is 4.08. The average molecular weight is 154 g/mol. The molecule has 0 heterocycles. The molecule has 0 spiro atoms. The van der Waals surface area contributed by atoms with Gasteiger partial charge >= 0.3 is 0 Å². The van der Waals surface area contributed by atoms with Gasteiger partial charge in [-0.05, 0) is 13.8 Å². The topological polar surface area (TPSA) is 52.9 Å². The van der Waals surface area contributed by atoms with E-state index in [1.807, 2.05) is 6.07 Å². The maximum absolute atomic E-state index is 11.1. The molecule has 0 atom stereocenters. The number of rotatable bonds is 2. The first-order valence-electron chi connectivity index (χ1n) is 3.62. The van der Waals surface area contributed by atoms with E-state index in [0.717, 1.165) is 0 Å². The fourth-order valence-corrected chi connectivity index (χ4v) is 0.480. The summed E-state index contributed by atoms with van der Waals surface area (Å²) in [6.07, 6.45) is 0. The van der Waals surface area contributed by atoms with Gasteiger partial charge in [0.25, 0.3) is 0 Å². The van der Waals surface area contributed by atoms with E-state index in [0.29, 0.717) is 0 Å². The minimum absolute atomic E-state index is 0.0670. The van der Waals surface area contributed by atoms with Crippen LogP contribution in [0.5, 0.6) is 0 Å². The molecule has 1 amide bonds. The van der Waals surface area contributed by atoms with E-state index in [-0.39, 0.29) is 11.8 Å². The Hall–Kier alpha value is -1.04. The molecule has 62 valence electrons. The van der Waals surface area contributed by atoms with Gasteiger partial charge in [0.15, 0.2) is 0 Å². The Labute approximate surface area is 67.4 Å². The van der Waals surface area contributed by atoms with Crippen LogP contribution in [0.1, 0.15) is 27.7 Å². The lowest BCUT2D eigenvalue weighted by molar-refractivity contribution is -0.125. The Morgan fingerprint density at radius 1 is 1.55 bits per heavy atom. The fraction of sp³-hybridized carbons (Fsp3) is 0.750. The van der Waals surface area contributed by atoms with Crippen molar-refractivity contribution in [2.24, 2.45) is 5.92 Å². The lowest BCUT2D eigenvalue weighted by Crippen LogP contribution is -2.43. The zero-order chi connectivity index (χ0) is 9.07. The molecule has 0 rings (SSSR count).